The average molecular weight is 340 g/mol. The molecule has 1 unspecified atom stereocenters. The van der Waals surface area contributed by atoms with E-state index < -0.39 is 10.8 Å². The van der Waals surface area contributed by atoms with Crippen molar-refractivity contribution < 1.29 is 4.79 Å². The number of carbonyl (C=O) groups is 1. The van der Waals surface area contributed by atoms with Gasteiger partial charge in [0.2, 0.25) is 0 Å². The normalized spacial score (nSPS) is 25.1. The summed E-state index contributed by atoms with van der Waals surface area (Å²) in [6.07, 6.45) is 0. The molecule has 1 aliphatic carbocycles. The number of benzene rings is 1. The first-order valence-electron chi connectivity index (χ1n) is 8.93. The lowest BCUT2D eigenvalue weighted by Gasteiger charge is -2.59. The Morgan fingerprint density at radius 1 is 0.800 bits per heavy atom. The quantitative estimate of drug-likeness (QED) is 0.516. The molecule has 0 aromatic heterocycles. The van der Waals surface area contributed by atoms with Crippen LogP contribution in [0.15, 0.2) is 10.9 Å². The summed E-state index contributed by atoms with van der Waals surface area (Å²) in [5.74, 6) is -0.0121. The summed E-state index contributed by atoms with van der Waals surface area (Å²) in [7, 11) is 20.7. The summed E-state index contributed by atoms with van der Waals surface area (Å²) in [5.41, 5.74) is 12.9. The van der Waals surface area contributed by atoms with E-state index in [1.807, 2.05) is 23.5 Å². The lowest BCUT2D eigenvalue weighted by molar-refractivity contribution is -0.121. The van der Waals surface area contributed by atoms with E-state index in [4.69, 9.17) is 17.3 Å². The molecule has 0 spiro atoms. The minimum Gasteiger partial charge on any atom is -0.316 e. The highest BCUT2D eigenvalue weighted by Gasteiger charge is 2.60. The van der Waals surface area contributed by atoms with Gasteiger partial charge in [-0.25, -0.2) is 0 Å². The fourth-order valence-electron chi connectivity index (χ4n) is 4.34. The van der Waals surface area contributed by atoms with Gasteiger partial charge in [-0.3, -0.25) is 4.79 Å². The summed E-state index contributed by atoms with van der Waals surface area (Å²) in [5, 5.41) is -0.0986. The second-order valence-corrected chi connectivity index (χ2v) is 9.20. The zero-order valence-electron chi connectivity index (χ0n) is 17.4. The van der Waals surface area contributed by atoms with Crippen LogP contribution in [-0.2, 0) is 10.3 Å². The molecular weight excluding hydrogens is 318 g/mol. The number of hydrogen-bond donors (Lipinski definition) is 1. The maximum absolute atomic E-state index is 13.5. The first kappa shape index (κ1) is 20.8. The maximum Gasteiger partial charge on any atom is 0.171 e. The van der Waals surface area contributed by atoms with Gasteiger partial charge >= 0.3 is 0 Å². The predicted molar refractivity (Wildman–Crippen MR) is 139 cm³/mol. The smallest absolute Gasteiger partial charge is 0.171 e. The van der Waals surface area contributed by atoms with Crippen LogP contribution in [0.5, 0.6) is 0 Å². The van der Waals surface area contributed by atoms with E-state index in [0.29, 0.717) is 5.02 Å². The SMILES string of the molecule is BC1=C(B)C(B)(B)C(B)(B)C(N)(c2c(B)c(B)c(B)c(B)c2Cl)C1=O. The largest absolute Gasteiger partial charge is 0.316 e. The van der Waals surface area contributed by atoms with Crippen molar-refractivity contribution in [2.75, 3.05) is 0 Å². The highest BCUT2D eigenvalue weighted by molar-refractivity contribution is 6.67. The molecule has 0 bridgehead atoms. The molecule has 1 aliphatic rings. The van der Waals surface area contributed by atoms with Crippen LogP contribution >= 0.6 is 11.6 Å². The number of rotatable bonds is 1. The Kier molecular flexibility index (Phi) is 5.02. The minimum absolute atomic E-state index is 0.0121. The molecule has 2 nitrogen and oxygen atoms in total. The molecule has 0 aliphatic heterocycles. The van der Waals surface area contributed by atoms with E-state index in [0.717, 1.165) is 32.9 Å². The third kappa shape index (κ3) is 2.39. The van der Waals surface area contributed by atoms with Gasteiger partial charge < -0.3 is 5.73 Å². The molecule has 2 rings (SSSR count). The first-order chi connectivity index (χ1) is 11.2. The topological polar surface area (TPSA) is 43.1 Å². The Morgan fingerprint density at radius 3 is 1.72 bits per heavy atom. The van der Waals surface area contributed by atoms with Crippen LogP contribution < -0.4 is 27.6 Å². The van der Waals surface area contributed by atoms with Crippen molar-refractivity contribution in [3.8, 4) is 0 Å². The van der Waals surface area contributed by atoms with Crippen LogP contribution in [0.25, 0.3) is 0 Å². The first-order valence-corrected chi connectivity index (χ1v) is 9.31. The fourth-order valence-corrected chi connectivity index (χ4v) is 4.77. The zero-order valence-corrected chi connectivity index (χ0v) is 18.1. The number of Topliss-reactive ketones (excluding diaryl/α,β-unsaturated/α-hetero) is 1. The van der Waals surface area contributed by atoms with Crippen molar-refractivity contribution in [1.29, 1.82) is 0 Å². The van der Waals surface area contributed by atoms with Gasteiger partial charge in [-0.15, -0.1) is 16.4 Å². The third-order valence-corrected chi connectivity index (χ3v) is 8.23. The van der Waals surface area contributed by atoms with E-state index >= 15 is 0 Å². The highest BCUT2D eigenvalue weighted by atomic mass is 35.5. The Hall–Kier alpha value is -0.471. The molecule has 1 atom stereocenters. The molecule has 1 aromatic rings. The molecule has 0 fully saturated rings. The number of ketones is 1. The molecule has 25 heavy (non-hydrogen) atoms. The molecule has 0 saturated carbocycles. The number of allylic oxidation sites excluding steroid dienone is 1. The molecule has 0 heterocycles. The van der Waals surface area contributed by atoms with Crippen molar-refractivity contribution >= 4 is 118 Å². The van der Waals surface area contributed by atoms with Gasteiger partial charge in [0.25, 0.3) is 0 Å². The number of hydrogen-bond acceptors (Lipinski definition) is 2. The lowest BCUT2D eigenvalue weighted by atomic mass is 9.19. The van der Waals surface area contributed by atoms with Crippen LogP contribution in [0.1, 0.15) is 5.56 Å². The maximum atomic E-state index is 13.5. The van der Waals surface area contributed by atoms with E-state index in [1.54, 1.807) is 0 Å². The molecule has 0 radical (unpaired) electrons. The van der Waals surface area contributed by atoms with Crippen LogP contribution in [-0.4, -0.2) is 84.2 Å². The molecule has 118 valence electrons. The van der Waals surface area contributed by atoms with Gasteiger partial charge in [-0.05, 0) is 5.56 Å². The second-order valence-electron chi connectivity index (χ2n) is 8.83. The van der Waals surface area contributed by atoms with Crippen molar-refractivity contribution in [3.63, 3.8) is 0 Å². The monoisotopic (exact) mass is 341 g/mol. The van der Waals surface area contributed by atoms with Crippen LogP contribution in [0.4, 0.5) is 0 Å². The molecular formula is C12H22B10ClNO. The zero-order chi connectivity index (χ0) is 19.7. The Labute approximate surface area is 165 Å². The van der Waals surface area contributed by atoms with Gasteiger partial charge in [0, 0.05) is 5.02 Å². The average Bonchev–Trinajstić information content (AvgIpc) is 2.54. The Morgan fingerprint density at radius 2 is 1.24 bits per heavy atom. The van der Waals surface area contributed by atoms with Gasteiger partial charge in [0.05, 0.1) is 5.54 Å². The summed E-state index contributed by atoms with van der Waals surface area (Å²) in [6.45, 7) is 0. The highest BCUT2D eigenvalue weighted by Crippen LogP contribution is 2.60. The van der Waals surface area contributed by atoms with Gasteiger partial charge in [-0.1, -0.05) is 38.4 Å². The molecule has 1 aromatic carbocycles. The van der Waals surface area contributed by atoms with Crippen molar-refractivity contribution in [2.45, 2.75) is 16.0 Å². The van der Waals surface area contributed by atoms with E-state index in [9.17, 15) is 4.79 Å². The van der Waals surface area contributed by atoms with Crippen LogP contribution in [0.3, 0.4) is 0 Å². The molecule has 13 heteroatoms. The third-order valence-electron chi connectivity index (χ3n) is 7.75. The van der Waals surface area contributed by atoms with Crippen LogP contribution in [0.2, 0.25) is 15.5 Å². The van der Waals surface area contributed by atoms with E-state index in [1.165, 1.54) is 5.46 Å². The van der Waals surface area contributed by atoms with Crippen molar-refractivity contribution in [3.05, 3.63) is 21.5 Å². The lowest BCUT2D eigenvalue weighted by Crippen LogP contribution is -2.67. The standard InChI is InChI=1S/C12H22B10ClNO/c13-2-1(7(23)5(16)4(15)3(2)14)10(24)9(25)6(17)8(18)11(19,20)12(10,21)22/h13-22,24H2. The summed E-state index contributed by atoms with van der Waals surface area (Å²) in [4.78, 5) is 13.5. The minimum atomic E-state index is -1.16. The van der Waals surface area contributed by atoms with E-state index in [-0.39, 0.29) is 11.0 Å². The number of halogens is 1. The van der Waals surface area contributed by atoms with Gasteiger partial charge in [0.1, 0.15) is 78.5 Å². The predicted octanol–water partition coefficient (Wildman–Crippen LogP) is -10.6. The van der Waals surface area contributed by atoms with Gasteiger partial charge in [0.15, 0.2) is 5.78 Å². The molecule has 2 N–H and O–H groups in total. The Balaban J connectivity index is 3.04. The summed E-state index contributed by atoms with van der Waals surface area (Å²) >= 11 is 6.82. The van der Waals surface area contributed by atoms with Gasteiger partial charge in [-0.2, -0.15) is 0 Å². The Bertz CT molecular complexity index is 807. The fraction of sp³-hybridized carbons (Fsp3) is 0.250. The molecule has 0 saturated heterocycles. The summed E-state index contributed by atoms with van der Waals surface area (Å²) in [6, 6.07) is 0. The van der Waals surface area contributed by atoms with Crippen molar-refractivity contribution in [1.82, 2.24) is 0 Å². The second kappa shape index (κ2) is 6.02. The van der Waals surface area contributed by atoms with Crippen molar-refractivity contribution in [2.24, 2.45) is 5.73 Å². The molecule has 0 amide bonds. The number of carbonyl (C=O) groups excluding carboxylic acids is 1. The summed E-state index contributed by atoms with van der Waals surface area (Å²) < 4.78 is 0. The number of nitrogens with two attached hydrogens (primary N) is 1. The van der Waals surface area contributed by atoms with E-state index in [2.05, 4.69) is 54.9 Å². The van der Waals surface area contributed by atoms with Crippen LogP contribution in [0, 0.1) is 0 Å².